The smallest absolute Gasteiger partial charge is 0.374 e. The number of nitrogens with zero attached hydrogens (tertiary/aromatic N) is 1. The Hall–Kier alpha value is -1.11. The molecule has 1 atom stereocenters. The maximum absolute atomic E-state index is 12.8. The Morgan fingerprint density at radius 2 is 2.10 bits per heavy atom. The SMILES string of the molecule is CN1CCO[C@@H](CNCc2ccccc2C(F)(F)F)C1. The number of morpholine rings is 1. The number of benzene rings is 1. The summed E-state index contributed by atoms with van der Waals surface area (Å²) in [6.07, 6.45) is -4.27. The second-order valence-electron chi connectivity index (χ2n) is 5.04. The molecule has 1 aliphatic rings. The van der Waals surface area contributed by atoms with Crippen molar-refractivity contribution in [3.8, 4) is 0 Å². The van der Waals surface area contributed by atoms with E-state index in [1.807, 2.05) is 7.05 Å². The van der Waals surface area contributed by atoms with E-state index >= 15 is 0 Å². The predicted octanol–water partition coefficient (Wildman–Crippen LogP) is 2.13. The summed E-state index contributed by atoms with van der Waals surface area (Å²) in [7, 11) is 2.01. The molecule has 1 fully saturated rings. The lowest BCUT2D eigenvalue weighted by molar-refractivity contribution is -0.138. The minimum absolute atomic E-state index is 0.0341. The van der Waals surface area contributed by atoms with Crippen molar-refractivity contribution in [3.05, 3.63) is 35.4 Å². The highest BCUT2D eigenvalue weighted by atomic mass is 19.4. The van der Waals surface area contributed by atoms with Crippen LogP contribution in [0.1, 0.15) is 11.1 Å². The molecule has 1 aliphatic heterocycles. The maximum atomic E-state index is 12.8. The Labute approximate surface area is 116 Å². The molecule has 0 bridgehead atoms. The molecule has 6 heteroatoms. The number of halogens is 3. The fourth-order valence-electron chi connectivity index (χ4n) is 2.31. The topological polar surface area (TPSA) is 24.5 Å². The highest BCUT2D eigenvalue weighted by Crippen LogP contribution is 2.31. The maximum Gasteiger partial charge on any atom is 0.416 e. The van der Waals surface area contributed by atoms with Gasteiger partial charge in [0, 0.05) is 26.2 Å². The summed E-state index contributed by atoms with van der Waals surface area (Å²) in [5.41, 5.74) is -0.307. The third kappa shape index (κ3) is 4.19. The van der Waals surface area contributed by atoms with E-state index in [1.54, 1.807) is 6.07 Å². The van der Waals surface area contributed by atoms with Crippen molar-refractivity contribution < 1.29 is 17.9 Å². The molecule has 20 heavy (non-hydrogen) atoms. The van der Waals surface area contributed by atoms with Crippen molar-refractivity contribution in [3.63, 3.8) is 0 Å². The molecule has 1 N–H and O–H groups in total. The zero-order valence-electron chi connectivity index (χ0n) is 11.4. The minimum Gasteiger partial charge on any atom is -0.374 e. The first kappa shape index (κ1) is 15.3. The van der Waals surface area contributed by atoms with Gasteiger partial charge in [-0.1, -0.05) is 18.2 Å². The zero-order valence-corrected chi connectivity index (χ0v) is 11.4. The second-order valence-corrected chi connectivity index (χ2v) is 5.04. The summed E-state index contributed by atoms with van der Waals surface area (Å²) in [5, 5.41) is 3.05. The fourth-order valence-corrected chi connectivity index (χ4v) is 2.31. The first-order valence-corrected chi connectivity index (χ1v) is 6.63. The number of rotatable bonds is 4. The minimum atomic E-state index is -4.31. The molecule has 3 nitrogen and oxygen atoms in total. The highest BCUT2D eigenvalue weighted by Gasteiger charge is 2.32. The number of ether oxygens (including phenoxy) is 1. The van der Waals surface area contributed by atoms with Crippen molar-refractivity contribution in [2.45, 2.75) is 18.8 Å². The van der Waals surface area contributed by atoms with Crippen LogP contribution in [0.5, 0.6) is 0 Å². The quantitative estimate of drug-likeness (QED) is 0.918. The predicted molar refractivity (Wildman–Crippen MR) is 70.4 cm³/mol. The third-order valence-electron chi connectivity index (χ3n) is 3.35. The molecular weight excluding hydrogens is 269 g/mol. The van der Waals surface area contributed by atoms with Crippen molar-refractivity contribution in [2.24, 2.45) is 0 Å². The van der Waals surface area contributed by atoms with Crippen LogP contribution < -0.4 is 5.32 Å². The van der Waals surface area contributed by atoms with Gasteiger partial charge in [-0.15, -0.1) is 0 Å². The highest BCUT2D eigenvalue weighted by molar-refractivity contribution is 5.29. The summed E-state index contributed by atoms with van der Waals surface area (Å²) >= 11 is 0. The van der Waals surface area contributed by atoms with Crippen LogP contribution in [0, 0.1) is 0 Å². The summed E-state index contributed by atoms with van der Waals surface area (Å²) < 4.78 is 44.0. The molecule has 0 saturated carbocycles. The van der Waals surface area contributed by atoms with Gasteiger partial charge in [0.15, 0.2) is 0 Å². The lowest BCUT2D eigenvalue weighted by Crippen LogP contribution is -2.44. The summed E-state index contributed by atoms with van der Waals surface area (Å²) in [6, 6.07) is 5.65. The van der Waals surface area contributed by atoms with Gasteiger partial charge in [0.2, 0.25) is 0 Å². The fraction of sp³-hybridized carbons (Fsp3) is 0.571. The molecule has 1 aromatic carbocycles. The molecule has 0 spiro atoms. The van der Waals surface area contributed by atoms with Gasteiger partial charge in [-0.3, -0.25) is 0 Å². The Kier molecular flexibility index (Phi) is 5.01. The molecule has 1 heterocycles. The van der Waals surface area contributed by atoms with Crippen LogP contribution in [0.4, 0.5) is 13.2 Å². The Balaban J connectivity index is 1.88. The van der Waals surface area contributed by atoms with Crippen LogP contribution in [0.3, 0.4) is 0 Å². The van der Waals surface area contributed by atoms with E-state index in [-0.39, 0.29) is 18.2 Å². The molecule has 0 aliphatic carbocycles. The van der Waals surface area contributed by atoms with Crippen LogP contribution in [-0.2, 0) is 17.5 Å². The number of hydrogen-bond acceptors (Lipinski definition) is 3. The van der Waals surface area contributed by atoms with Gasteiger partial charge in [0.05, 0.1) is 18.3 Å². The van der Waals surface area contributed by atoms with Crippen LogP contribution in [-0.4, -0.2) is 44.3 Å². The molecule has 2 rings (SSSR count). The van der Waals surface area contributed by atoms with E-state index in [0.717, 1.165) is 19.2 Å². The van der Waals surface area contributed by atoms with E-state index in [2.05, 4.69) is 10.2 Å². The second kappa shape index (κ2) is 6.56. The van der Waals surface area contributed by atoms with Crippen molar-refractivity contribution in [1.29, 1.82) is 0 Å². The van der Waals surface area contributed by atoms with Gasteiger partial charge >= 0.3 is 6.18 Å². The van der Waals surface area contributed by atoms with Crippen LogP contribution in [0.2, 0.25) is 0 Å². The van der Waals surface area contributed by atoms with Gasteiger partial charge in [-0.25, -0.2) is 0 Å². The summed E-state index contributed by atoms with van der Waals surface area (Å²) in [4.78, 5) is 2.15. The number of likely N-dealkylation sites (N-methyl/N-ethyl adjacent to an activating group) is 1. The first-order chi connectivity index (χ1) is 9.47. The Morgan fingerprint density at radius 3 is 2.80 bits per heavy atom. The molecule has 1 aromatic rings. The van der Waals surface area contributed by atoms with Gasteiger partial charge < -0.3 is 15.0 Å². The van der Waals surface area contributed by atoms with Gasteiger partial charge in [0.1, 0.15) is 0 Å². The van der Waals surface area contributed by atoms with Crippen LogP contribution in [0.15, 0.2) is 24.3 Å². The monoisotopic (exact) mass is 288 g/mol. The Morgan fingerprint density at radius 1 is 1.35 bits per heavy atom. The summed E-state index contributed by atoms with van der Waals surface area (Å²) in [6.45, 7) is 3.11. The van der Waals surface area contributed by atoms with Gasteiger partial charge in [-0.2, -0.15) is 13.2 Å². The van der Waals surface area contributed by atoms with Crippen LogP contribution >= 0.6 is 0 Å². The van der Waals surface area contributed by atoms with Gasteiger partial charge in [-0.05, 0) is 18.7 Å². The largest absolute Gasteiger partial charge is 0.416 e. The van der Waals surface area contributed by atoms with E-state index < -0.39 is 11.7 Å². The van der Waals surface area contributed by atoms with Crippen molar-refractivity contribution in [1.82, 2.24) is 10.2 Å². The molecule has 1 saturated heterocycles. The lowest BCUT2D eigenvalue weighted by Gasteiger charge is -2.30. The molecular formula is C14H19F3N2O. The summed E-state index contributed by atoms with van der Waals surface area (Å²) in [5.74, 6) is 0. The van der Waals surface area contributed by atoms with E-state index in [9.17, 15) is 13.2 Å². The third-order valence-corrected chi connectivity index (χ3v) is 3.35. The van der Waals surface area contributed by atoms with E-state index in [0.29, 0.717) is 13.2 Å². The zero-order chi connectivity index (χ0) is 14.6. The van der Waals surface area contributed by atoms with Crippen molar-refractivity contribution >= 4 is 0 Å². The van der Waals surface area contributed by atoms with Crippen LogP contribution in [0.25, 0.3) is 0 Å². The molecule has 112 valence electrons. The number of hydrogen-bond donors (Lipinski definition) is 1. The van der Waals surface area contributed by atoms with Crippen molar-refractivity contribution in [2.75, 3.05) is 33.3 Å². The van der Waals surface area contributed by atoms with E-state index in [4.69, 9.17) is 4.74 Å². The average molecular weight is 288 g/mol. The molecule has 0 aromatic heterocycles. The van der Waals surface area contributed by atoms with Gasteiger partial charge in [0.25, 0.3) is 0 Å². The standard InChI is InChI=1S/C14H19F3N2O/c1-19-6-7-20-12(10-19)9-18-8-11-4-2-3-5-13(11)14(15,16)17/h2-5,12,18H,6-10H2,1H3/t12-/m0/s1. The van der Waals surface area contributed by atoms with E-state index in [1.165, 1.54) is 12.1 Å². The Bertz CT molecular complexity index is 437. The number of nitrogens with one attached hydrogen (secondary N) is 1. The average Bonchev–Trinajstić information content (AvgIpc) is 2.38. The molecule has 0 radical (unpaired) electrons. The normalized spacial score (nSPS) is 21.1. The first-order valence-electron chi connectivity index (χ1n) is 6.63. The molecule has 0 amide bonds. The lowest BCUT2D eigenvalue weighted by atomic mass is 10.1. The number of alkyl halides is 3. The molecule has 0 unspecified atom stereocenters.